The minimum absolute atomic E-state index is 0.228. The molecule has 58 heavy (non-hydrogen) atoms. The highest BCUT2D eigenvalue weighted by Gasteiger charge is 2.21. The minimum Gasteiger partial charge on any atom is -0.467 e. The SMILES string of the molecule is COCOc1ccccc1CN1CCN(Cc2ccccc2OCOC)CCN(Cc2cc(CCNC3CCCCCCCCCCCC3)ccc2OCOC)CC1. The number of hydrogen-bond donors (Lipinski definition) is 1. The van der Waals surface area contributed by atoms with Crippen molar-refractivity contribution in [2.24, 2.45) is 0 Å². The van der Waals surface area contributed by atoms with E-state index in [0.29, 0.717) is 6.04 Å². The van der Waals surface area contributed by atoms with E-state index in [-0.39, 0.29) is 20.4 Å². The Labute approximate surface area is 350 Å². The van der Waals surface area contributed by atoms with Crippen molar-refractivity contribution in [2.75, 3.05) is 87.5 Å². The number of nitrogens with zero attached hydrogens (tertiary/aromatic N) is 3. The lowest BCUT2D eigenvalue weighted by atomic mass is 10.0. The highest BCUT2D eigenvalue weighted by Crippen LogP contribution is 2.26. The molecule has 3 aromatic carbocycles. The Balaban J connectivity index is 1.29. The fourth-order valence-electron chi connectivity index (χ4n) is 8.32. The van der Waals surface area contributed by atoms with Crippen LogP contribution in [0.3, 0.4) is 0 Å². The number of rotatable bonds is 19. The van der Waals surface area contributed by atoms with Gasteiger partial charge in [-0.2, -0.15) is 0 Å². The summed E-state index contributed by atoms with van der Waals surface area (Å²) in [5.41, 5.74) is 4.90. The van der Waals surface area contributed by atoms with E-state index in [2.05, 4.69) is 62.5 Å². The van der Waals surface area contributed by atoms with Gasteiger partial charge in [0.2, 0.25) is 0 Å². The first-order valence-corrected chi connectivity index (χ1v) is 22.2. The predicted molar refractivity (Wildman–Crippen MR) is 234 cm³/mol. The van der Waals surface area contributed by atoms with Gasteiger partial charge in [0.1, 0.15) is 17.2 Å². The summed E-state index contributed by atoms with van der Waals surface area (Å²) in [7, 11) is 5.01. The van der Waals surface area contributed by atoms with E-state index in [9.17, 15) is 0 Å². The van der Waals surface area contributed by atoms with Gasteiger partial charge in [0.25, 0.3) is 0 Å². The lowest BCUT2D eigenvalue weighted by Crippen LogP contribution is -2.35. The molecule has 0 bridgehead atoms. The lowest BCUT2D eigenvalue weighted by Gasteiger charge is -2.27. The van der Waals surface area contributed by atoms with Crippen LogP contribution in [0.25, 0.3) is 0 Å². The van der Waals surface area contributed by atoms with Crippen LogP contribution in [0.1, 0.15) is 99.3 Å². The van der Waals surface area contributed by atoms with Crippen molar-refractivity contribution in [1.82, 2.24) is 20.0 Å². The Hall–Kier alpha value is -3.22. The summed E-state index contributed by atoms with van der Waals surface area (Å²) in [6.45, 7) is 9.65. The van der Waals surface area contributed by atoms with Crippen molar-refractivity contribution in [3.8, 4) is 17.2 Å². The normalized spacial score (nSPS) is 17.9. The summed E-state index contributed by atoms with van der Waals surface area (Å²) < 4.78 is 34.0. The van der Waals surface area contributed by atoms with Gasteiger partial charge in [-0.15, -0.1) is 0 Å². The fraction of sp³-hybridized carbons (Fsp3) is 0.625. The molecule has 1 saturated carbocycles. The molecule has 5 rings (SSSR count). The van der Waals surface area contributed by atoms with Gasteiger partial charge in [-0.3, -0.25) is 14.7 Å². The summed E-state index contributed by atoms with van der Waals surface area (Å²) >= 11 is 0. The fourth-order valence-corrected chi connectivity index (χ4v) is 8.32. The highest BCUT2D eigenvalue weighted by atomic mass is 16.7. The van der Waals surface area contributed by atoms with Crippen LogP contribution in [0.5, 0.6) is 17.2 Å². The van der Waals surface area contributed by atoms with Crippen LogP contribution in [0.2, 0.25) is 0 Å². The minimum atomic E-state index is 0.228. The smallest absolute Gasteiger partial charge is 0.188 e. The molecule has 1 saturated heterocycles. The zero-order valence-corrected chi connectivity index (χ0v) is 36.1. The first kappa shape index (κ1) is 45.9. The van der Waals surface area contributed by atoms with Gasteiger partial charge in [0.05, 0.1) is 0 Å². The van der Waals surface area contributed by atoms with Crippen LogP contribution in [-0.4, -0.2) is 108 Å². The molecule has 1 N–H and O–H groups in total. The number of nitrogens with one attached hydrogen (secondary N) is 1. The second-order valence-electron chi connectivity index (χ2n) is 16.2. The van der Waals surface area contributed by atoms with E-state index in [1.54, 1.807) is 21.3 Å². The van der Waals surface area contributed by atoms with E-state index >= 15 is 0 Å². The first-order chi connectivity index (χ1) is 28.6. The van der Waals surface area contributed by atoms with Gasteiger partial charge in [-0.25, -0.2) is 0 Å². The van der Waals surface area contributed by atoms with Crippen LogP contribution in [0.15, 0.2) is 66.7 Å². The van der Waals surface area contributed by atoms with Crippen LogP contribution in [0, 0.1) is 0 Å². The summed E-state index contributed by atoms with van der Waals surface area (Å²) in [6.07, 6.45) is 17.5. The molecule has 10 heteroatoms. The molecule has 0 spiro atoms. The van der Waals surface area contributed by atoms with E-state index in [1.165, 1.54) is 99.3 Å². The summed E-state index contributed by atoms with van der Waals surface area (Å²) in [5, 5.41) is 3.98. The molecule has 2 fully saturated rings. The van der Waals surface area contributed by atoms with Gasteiger partial charge in [-0.05, 0) is 49.6 Å². The number of benzene rings is 3. The lowest BCUT2D eigenvalue weighted by molar-refractivity contribution is 0.0493. The van der Waals surface area contributed by atoms with Crippen LogP contribution in [-0.2, 0) is 40.3 Å². The van der Waals surface area contributed by atoms with Crippen LogP contribution in [0.4, 0.5) is 0 Å². The van der Waals surface area contributed by atoms with Gasteiger partial charge >= 0.3 is 0 Å². The van der Waals surface area contributed by atoms with Crippen molar-refractivity contribution in [2.45, 2.75) is 109 Å². The van der Waals surface area contributed by atoms with E-state index in [0.717, 1.165) is 89.1 Å². The highest BCUT2D eigenvalue weighted by molar-refractivity contribution is 5.38. The molecule has 3 aromatic rings. The molecule has 1 aliphatic carbocycles. The molecule has 1 heterocycles. The second kappa shape index (κ2) is 27.5. The average molecular weight is 803 g/mol. The molecular weight excluding hydrogens is 729 g/mol. The Morgan fingerprint density at radius 3 is 1.33 bits per heavy atom. The molecule has 0 radical (unpaired) electrons. The summed E-state index contributed by atoms with van der Waals surface area (Å²) in [5.74, 6) is 2.64. The maximum atomic E-state index is 6.20. The van der Waals surface area contributed by atoms with Gasteiger partial charge in [0, 0.05) is 103 Å². The van der Waals surface area contributed by atoms with Crippen molar-refractivity contribution in [3.05, 3.63) is 89.0 Å². The molecule has 1 aliphatic heterocycles. The van der Waals surface area contributed by atoms with Crippen molar-refractivity contribution >= 4 is 0 Å². The molecule has 0 unspecified atom stereocenters. The van der Waals surface area contributed by atoms with Crippen molar-refractivity contribution < 1.29 is 28.4 Å². The molecule has 0 atom stereocenters. The average Bonchev–Trinajstić information content (AvgIpc) is 3.35. The third-order valence-corrected chi connectivity index (χ3v) is 11.6. The summed E-state index contributed by atoms with van der Waals surface area (Å²) in [6, 6.07) is 24.0. The quantitative estimate of drug-likeness (QED) is 0.119. The maximum Gasteiger partial charge on any atom is 0.188 e. The Kier molecular flexibility index (Phi) is 21.8. The predicted octanol–water partition coefficient (Wildman–Crippen LogP) is 8.65. The van der Waals surface area contributed by atoms with E-state index in [4.69, 9.17) is 28.4 Å². The topological polar surface area (TPSA) is 77.1 Å². The molecule has 322 valence electrons. The first-order valence-electron chi connectivity index (χ1n) is 22.2. The molecular formula is C48H74N4O6. The van der Waals surface area contributed by atoms with Crippen LogP contribution < -0.4 is 19.5 Å². The third kappa shape index (κ3) is 16.8. The molecule has 0 aromatic heterocycles. The third-order valence-electron chi connectivity index (χ3n) is 11.6. The monoisotopic (exact) mass is 803 g/mol. The number of para-hydroxylation sites is 2. The maximum absolute atomic E-state index is 6.20. The standard InChI is InChI=1S/C48H74N4O6/c1-53-38-56-46-22-16-14-18-42(46)35-50-28-29-51(36-43-19-15-17-23-47(43)57-39-54-2)31-33-52(32-30-50)37-44-34-41(24-25-48(44)58-40-55-3)26-27-49-45-20-12-10-8-6-4-5-7-9-11-13-21-45/h14-19,22-25,34,45,49H,4-13,20-21,26-33,35-40H2,1-3H3. The zero-order chi connectivity index (χ0) is 40.5. The van der Waals surface area contributed by atoms with Crippen molar-refractivity contribution in [3.63, 3.8) is 0 Å². The zero-order valence-electron chi connectivity index (χ0n) is 36.1. The Bertz CT molecular complexity index is 1460. The van der Waals surface area contributed by atoms with Gasteiger partial charge < -0.3 is 33.7 Å². The van der Waals surface area contributed by atoms with Crippen LogP contribution >= 0.6 is 0 Å². The van der Waals surface area contributed by atoms with Crippen molar-refractivity contribution in [1.29, 1.82) is 0 Å². The summed E-state index contributed by atoms with van der Waals surface area (Å²) in [4.78, 5) is 7.71. The second-order valence-corrected chi connectivity index (χ2v) is 16.2. The Morgan fingerprint density at radius 2 is 0.879 bits per heavy atom. The van der Waals surface area contributed by atoms with E-state index < -0.39 is 0 Å². The number of hydrogen-bond acceptors (Lipinski definition) is 10. The van der Waals surface area contributed by atoms with E-state index in [1.807, 2.05) is 24.3 Å². The molecule has 10 nitrogen and oxygen atoms in total. The molecule has 0 amide bonds. The number of ether oxygens (including phenoxy) is 6. The van der Waals surface area contributed by atoms with Gasteiger partial charge in [-0.1, -0.05) is 113 Å². The largest absolute Gasteiger partial charge is 0.467 e. The number of methoxy groups -OCH3 is 3. The van der Waals surface area contributed by atoms with Gasteiger partial charge in [0.15, 0.2) is 20.4 Å². The molecule has 2 aliphatic rings. The Morgan fingerprint density at radius 1 is 0.483 bits per heavy atom.